The van der Waals surface area contributed by atoms with Crippen LogP contribution in [0, 0.1) is 5.92 Å². The molecular weight excluding hydrogens is 320 g/mol. The van der Waals surface area contributed by atoms with Crippen LogP contribution >= 0.6 is 0 Å². The van der Waals surface area contributed by atoms with E-state index >= 15 is 0 Å². The molecule has 4 aliphatic rings. The zero-order valence-corrected chi connectivity index (χ0v) is 14.9. The molecule has 4 amide bonds. The summed E-state index contributed by atoms with van der Waals surface area (Å²) in [5.74, 6) is -0.157. The number of fused-ring (bicyclic) bond motifs is 2. The number of nitrogens with zero attached hydrogens (tertiary/aromatic N) is 2. The number of amides is 4. The highest BCUT2D eigenvalue weighted by Gasteiger charge is 2.55. The molecule has 3 saturated heterocycles. The van der Waals surface area contributed by atoms with Crippen LogP contribution in [0.15, 0.2) is 0 Å². The van der Waals surface area contributed by atoms with E-state index in [4.69, 9.17) is 0 Å². The lowest BCUT2D eigenvalue weighted by Crippen LogP contribution is -2.54. The number of hydrogen-bond donors (Lipinski definition) is 2. The van der Waals surface area contributed by atoms with Gasteiger partial charge in [-0.2, -0.15) is 0 Å². The third-order valence-electron chi connectivity index (χ3n) is 6.74. The first kappa shape index (κ1) is 16.8. The molecule has 3 heterocycles. The third kappa shape index (κ3) is 2.63. The lowest BCUT2D eigenvalue weighted by atomic mass is 9.73. The van der Waals surface area contributed by atoms with E-state index in [1.165, 1.54) is 4.90 Å². The summed E-state index contributed by atoms with van der Waals surface area (Å²) >= 11 is 0. The molecule has 3 aliphatic heterocycles. The van der Waals surface area contributed by atoms with Gasteiger partial charge in [-0.15, -0.1) is 0 Å². The quantitative estimate of drug-likeness (QED) is 0.725. The number of imide groups is 1. The normalized spacial score (nSPS) is 38.2. The SMILES string of the molecule is CC1CCCCC12NC(=O)N(CC(=O)N1C3CCNCC1CC3)C2=O. The van der Waals surface area contributed by atoms with Crippen molar-refractivity contribution in [3.05, 3.63) is 0 Å². The van der Waals surface area contributed by atoms with Gasteiger partial charge >= 0.3 is 6.03 Å². The molecule has 0 aromatic carbocycles. The average molecular weight is 348 g/mol. The molecule has 4 atom stereocenters. The number of carbonyl (C=O) groups excluding carboxylic acids is 3. The van der Waals surface area contributed by atoms with E-state index in [0.717, 1.165) is 51.6 Å². The van der Waals surface area contributed by atoms with Gasteiger partial charge in [-0.3, -0.25) is 14.5 Å². The van der Waals surface area contributed by atoms with E-state index < -0.39 is 11.6 Å². The molecule has 7 nitrogen and oxygen atoms in total. The molecule has 7 heteroatoms. The van der Waals surface area contributed by atoms with Crippen molar-refractivity contribution in [2.75, 3.05) is 19.6 Å². The van der Waals surface area contributed by atoms with Gasteiger partial charge in [-0.05, 0) is 44.6 Å². The molecule has 2 N–H and O–H groups in total. The summed E-state index contributed by atoms with van der Waals surface area (Å²) in [5.41, 5.74) is -0.783. The van der Waals surface area contributed by atoms with Crippen LogP contribution < -0.4 is 10.6 Å². The van der Waals surface area contributed by atoms with Crippen LogP contribution in [0.4, 0.5) is 4.79 Å². The number of rotatable bonds is 2. The Morgan fingerprint density at radius 3 is 2.76 bits per heavy atom. The first-order valence-electron chi connectivity index (χ1n) is 9.69. The Bertz CT molecular complexity index is 581. The minimum absolute atomic E-state index is 0.0831. The molecule has 4 fully saturated rings. The standard InChI is InChI=1S/C18H28N4O3/c1-12-4-2-3-8-18(12)16(24)21(17(25)20-18)11-15(23)22-13-5-6-14(22)10-19-9-7-13/h12-14,19H,2-11H2,1H3,(H,20,25). The van der Waals surface area contributed by atoms with Gasteiger partial charge in [-0.25, -0.2) is 4.79 Å². The number of nitrogens with one attached hydrogen (secondary N) is 2. The zero-order valence-electron chi connectivity index (χ0n) is 14.9. The van der Waals surface area contributed by atoms with Gasteiger partial charge in [0, 0.05) is 18.6 Å². The Labute approximate surface area is 148 Å². The largest absolute Gasteiger partial charge is 0.334 e. The van der Waals surface area contributed by atoms with Crippen molar-refractivity contribution in [3.63, 3.8) is 0 Å². The van der Waals surface area contributed by atoms with Crippen LogP contribution in [0.2, 0.25) is 0 Å². The van der Waals surface area contributed by atoms with Crippen molar-refractivity contribution in [1.82, 2.24) is 20.4 Å². The summed E-state index contributed by atoms with van der Waals surface area (Å²) in [7, 11) is 0. The fourth-order valence-electron chi connectivity index (χ4n) is 5.25. The number of carbonyl (C=O) groups is 3. The lowest BCUT2D eigenvalue weighted by Gasteiger charge is -2.37. The fourth-order valence-corrected chi connectivity index (χ4v) is 5.25. The Hall–Kier alpha value is -1.63. The van der Waals surface area contributed by atoms with Gasteiger partial charge in [0.15, 0.2) is 0 Å². The van der Waals surface area contributed by atoms with Gasteiger partial charge in [0.1, 0.15) is 12.1 Å². The zero-order chi connectivity index (χ0) is 17.6. The third-order valence-corrected chi connectivity index (χ3v) is 6.74. The second kappa shape index (κ2) is 6.27. The second-order valence-corrected chi connectivity index (χ2v) is 8.12. The lowest BCUT2D eigenvalue weighted by molar-refractivity contribution is -0.141. The molecule has 1 aliphatic carbocycles. The van der Waals surface area contributed by atoms with Crippen LogP contribution in [-0.2, 0) is 9.59 Å². The molecular formula is C18H28N4O3. The molecule has 4 unspecified atom stereocenters. The van der Waals surface area contributed by atoms with Crippen LogP contribution in [0.25, 0.3) is 0 Å². The average Bonchev–Trinajstić information content (AvgIpc) is 2.98. The van der Waals surface area contributed by atoms with E-state index in [2.05, 4.69) is 10.6 Å². The van der Waals surface area contributed by atoms with Gasteiger partial charge < -0.3 is 15.5 Å². The summed E-state index contributed by atoms with van der Waals surface area (Å²) in [6.45, 7) is 3.65. The minimum Gasteiger partial charge on any atom is -0.334 e. The molecule has 2 bridgehead atoms. The van der Waals surface area contributed by atoms with Gasteiger partial charge in [-0.1, -0.05) is 19.8 Å². The highest BCUT2D eigenvalue weighted by molar-refractivity contribution is 6.09. The molecule has 1 saturated carbocycles. The van der Waals surface area contributed by atoms with Gasteiger partial charge in [0.05, 0.1) is 0 Å². The molecule has 0 radical (unpaired) electrons. The molecule has 4 rings (SSSR count). The molecule has 0 aromatic rings. The van der Waals surface area contributed by atoms with Crippen molar-refractivity contribution < 1.29 is 14.4 Å². The molecule has 0 aromatic heterocycles. The molecule has 25 heavy (non-hydrogen) atoms. The summed E-state index contributed by atoms with van der Waals surface area (Å²) in [4.78, 5) is 41.6. The number of hydrogen-bond acceptors (Lipinski definition) is 4. The van der Waals surface area contributed by atoms with Crippen molar-refractivity contribution >= 4 is 17.8 Å². The smallest absolute Gasteiger partial charge is 0.325 e. The summed E-state index contributed by atoms with van der Waals surface area (Å²) in [5, 5.41) is 6.31. The highest BCUT2D eigenvalue weighted by Crippen LogP contribution is 2.38. The van der Waals surface area contributed by atoms with Crippen molar-refractivity contribution in [2.24, 2.45) is 5.92 Å². The molecule has 138 valence electrons. The Morgan fingerprint density at radius 2 is 1.96 bits per heavy atom. The molecule has 1 spiro atoms. The summed E-state index contributed by atoms with van der Waals surface area (Å²) < 4.78 is 0. The first-order valence-corrected chi connectivity index (χ1v) is 9.69. The van der Waals surface area contributed by atoms with E-state index in [1.54, 1.807) is 0 Å². The predicted molar refractivity (Wildman–Crippen MR) is 91.8 cm³/mol. The van der Waals surface area contributed by atoms with E-state index in [0.29, 0.717) is 6.42 Å². The van der Waals surface area contributed by atoms with Crippen molar-refractivity contribution in [3.8, 4) is 0 Å². The summed E-state index contributed by atoms with van der Waals surface area (Å²) in [6.07, 6.45) is 6.64. The fraction of sp³-hybridized carbons (Fsp3) is 0.833. The van der Waals surface area contributed by atoms with Crippen molar-refractivity contribution in [1.29, 1.82) is 0 Å². The van der Waals surface area contributed by atoms with Crippen LogP contribution in [0.3, 0.4) is 0 Å². The monoisotopic (exact) mass is 348 g/mol. The predicted octanol–water partition coefficient (Wildman–Crippen LogP) is 0.840. The first-order chi connectivity index (χ1) is 12.0. The Morgan fingerprint density at radius 1 is 1.16 bits per heavy atom. The highest BCUT2D eigenvalue weighted by atomic mass is 16.2. The maximum atomic E-state index is 13.0. The van der Waals surface area contributed by atoms with E-state index in [1.807, 2.05) is 11.8 Å². The van der Waals surface area contributed by atoms with E-state index in [9.17, 15) is 14.4 Å². The number of urea groups is 1. The summed E-state index contributed by atoms with van der Waals surface area (Å²) in [6, 6.07) is 0.0477. The van der Waals surface area contributed by atoms with Gasteiger partial charge in [0.25, 0.3) is 5.91 Å². The van der Waals surface area contributed by atoms with Crippen LogP contribution in [0.1, 0.15) is 51.9 Å². The Kier molecular flexibility index (Phi) is 4.22. The minimum atomic E-state index is -0.783. The van der Waals surface area contributed by atoms with Crippen LogP contribution in [-0.4, -0.2) is 64.9 Å². The maximum absolute atomic E-state index is 13.0. The topological polar surface area (TPSA) is 81.8 Å². The maximum Gasteiger partial charge on any atom is 0.325 e. The van der Waals surface area contributed by atoms with Crippen molar-refractivity contribution in [2.45, 2.75) is 69.5 Å². The second-order valence-electron chi connectivity index (χ2n) is 8.12. The van der Waals surface area contributed by atoms with Gasteiger partial charge in [0.2, 0.25) is 5.91 Å². The Balaban J connectivity index is 1.50. The van der Waals surface area contributed by atoms with Crippen LogP contribution in [0.5, 0.6) is 0 Å². The van der Waals surface area contributed by atoms with E-state index in [-0.39, 0.29) is 36.4 Å².